The zero-order valence-electron chi connectivity index (χ0n) is 18.9. The molecule has 4 N–H and O–H groups in total. The second-order valence-corrected chi connectivity index (χ2v) is 9.56. The molecule has 1 unspecified atom stereocenters. The van der Waals surface area contributed by atoms with E-state index >= 15 is 0 Å². The van der Waals surface area contributed by atoms with Gasteiger partial charge in [0.1, 0.15) is 22.6 Å². The quantitative estimate of drug-likeness (QED) is 0.462. The zero-order valence-corrected chi connectivity index (χ0v) is 20.5. The van der Waals surface area contributed by atoms with Gasteiger partial charge in [-0.25, -0.2) is 14.2 Å². The van der Waals surface area contributed by atoms with Crippen molar-refractivity contribution in [2.45, 2.75) is 32.2 Å². The summed E-state index contributed by atoms with van der Waals surface area (Å²) in [6.07, 6.45) is 3.36. The lowest BCUT2D eigenvalue weighted by molar-refractivity contribution is -0.0140. The summed E-state index contributed by atoms with van der Waals surface area (Å²) in [5, 5.41) is 22.3. The van der Waals surface area contributed by atoms with E-state index in [2.05, 4.69) is 9.88 Å². The predicted molar refractivity (Wildman–Crippen MR) is 131 cm³/mol. The summed E-state index contributed by atoms with van der Waals surface area (Å²) in [5.74, 6) is -3.10. The fraction of sp³-hybridized carbons (Fsp3) is 0.304. The standard InChI is InChI=1S/C16H16N4O5S.C7H7ClFN/c21-13-9(16(24)25)6-19-8-11-18(7-10-17-2-5-26-10)3-1-4-20(11)15(23)12(19)14(13)22;8-6-3-1-2-5(4-10)7(6)9/h2,5-6,11,22H,1,3-4,7-8H2,(H,24,25);1-3H,4,10H2. The van der Waals surface area contributed by atoms with E-state index in [1.165, 1.54) is 22.0 Å². The Hall–Kier alpha value is -3.32. The number of fused-ring (bicyclic) bond motifs is 2. The summed E-state index contributed by atoms with van der Waals surface area (Å²) in [4.78, 5) is 44.2. The van der Waals surface area contributed by atoms with E-state index < -0.39 is 34.4 Å². The Labute approximate surface area is 214 Å². The molecule has 0 radical (unpaired) electrons. The normalized spacial score (nSPS) is 17.1. The van der Waals surface area contributed by atoms with Crippen molar-refractivity contribution in [1.29, 1.82) is 0 Å². The Morgan fingerprint density at radius 2 is 2.08 bits per heavy atom. The number of carbonyl (C=O) groups is 2. The first-order chi connectivity index (χ1) is 17.2. The van der Waals surface area contributed by atoms with Crippen molar-refractivity contribution in [3.8, 4) is 5.75 Å². The molecule has 13 heteroatoms. The fourth-order valence-corrected chi connectivity index (χ4v) is 5.10. The van der Waals surface area contributed by atoms with Crippen molar-refractivity contribution >= 4 is 34.8 Å². The minimum Gasteiger partial charge on any atom is -0.503 e. The van der Waals surface area contributed by atoms with E-state index in [1.54, 1.807) is 23.2 Å². The number of carbonyl (C=O) groups excluding carboxylic acids is 1. The zero-order chi connectivity index (χ0) is 26.0. The van der Waals surface area contributed by atoms with E-state index in [1.807, 2.05) is 5.38 Å². The molecule has 2 aliphatic heterocycles. The molecule has 1 fully saturated rings. The number of aromatic nitrogens is 2. The number of carboxylic acids is 1. The van der Waals surface area contributed by atoms with Crippen LogP contribution in [-0.4, -0.2) is 60.7 Å². The van der Waals surface area contributed by atoms with Gasteiger partial charge in [0.05, 0.1) is 18.1 Å². The van der Waals surface area contributed by atoms with Gasteiger partial charge in [0, 0.05) is 43.0 Å². The summed E-state index contributed by atoms with van der Waals surface area (Å²) in [6.45, 7) is 2.35. The third-order valence-electron chi connectivity index (χ3n) is 6.01. The Morgan fingerprint density at radius 3 is 2.72 bits per heavy atom. The summed E-state index contributed by atoms with van der Waals surface area (Å²) >= 11 is 6.99. The van der Waals surface area contributed by atoms with Gasteiger partial charge in [-0.1, -0.05) is 23.7 Å². The van der Waals surface area contributed by atoms with Crippen molar-refractivity contribution in [3.63, 3.8) is 0 Å². The van der Waals surface area contributed by atoms with Crippen LogP contribution in [0.25, 0.3) is 0 Å². The number of nitrogens with two attached hydrogens (primary N) is 1. The maximum Gasteiger partial charge on any atom is 0.341 e. The van der Waals surface area contributed by atoms with Crippen LogP contribution in [0, 0.1) is 5.82 Å². The molecular formula is C23H23ClFN5O5S. The second kappa shape index (κ2) is 10.7. The number of aromatic carboxylic acids is 1. The first kappa shape index (κ1) is 25.8. The maximum atomic E-state index is 12.9. The maximum absolute atomic E-state index is 12.9. The number of hydrogen-bond donors (Lipinski definition) is 3. The minimum absolute atomic E-state index is 0.128. The predicted octanol–water partition coefficient (Wildman–Crippen LogP) is 2.33. The number of carboxylic acid groups (broad SMARTS) is 1. The molecule has 5 rings (SSSR count). The lowest BCUT2D eigenvalue weighted by Gasteiger charge is -2.46. The van der Waals surface area contributed by atoms with Crippen molar-refractivity contribution in [2.75, 3.05) is 13.1 Å². The molecule has 0 spiro atoms. The van der Waals surface area contributed by atoms with Crippen molar-refractivity contribution < 1.29 is 24.2 Å². The number of benzene rings is 1. The molecule has 3 aromatic rings. The highest BCUT2D eigenvalue weighted by atomic mass is 35.5. The molecule has 4 heterocycles. The van der Waals surface area contributed by atoms with Crippen LogP contribution in [0.15, 0.2) is 40.8 Å². The third-order valence-corrected chi connectivity index (χ3v) is 7.07. The van der Waals surface area contributed by atoms with Crippen molar-refractivity contribution in [1.82, 2.24) is 19.4 Å². The molecule has 1 aromatic carbocycles. The number of pyridine rings is 1. The average molecular weight is 536 g/mol. The molecule has 190 valence electrons. The number of hydrogen-bond acceptors (Lipinski definition) is 8. The Balaban J connectivity index is 0.000000256. The minimum atomic E-state index is -1.43. The summed E-state index contributed by atoms with van der Waals surface area (Å²) < 4.78 is 14.2. The number of thiazole rings is 1. The number of rotatable bonds is 4. The first-order valence-corrected chi connectivity index (χ1v) is 12.2. The highest BCUT2D eigenvalue weighted by molar-refractivity contribution is 7.09. The van der Waals surface area contributed by atoms with E-state index in [9.17, 15) is 29.0 Å². The van der Waals surface area contributed by atoms with Crippen LogP contribution in [0.5, 0.6) is 5.75 Å². The van der Waals surface area contributed by atoms with Gasteiger partial charge in [-0.3, -0.25) is 14.5 Å². The van der Waals surface area contributed by atoms with Crippen LogP contribution in [0.4, 0.5) is 4.39 Å². The molecule has 0 bridgehead atoms. The van der Waals surface area contributed by atoms with Crippen LogP contribution in [0.3, 0.4) is 0 Å². The molecule has 1 amide bonds. The highest BCUT2D eigenvalue weighted by Crippen LogP contribution is 2.29. The molecular weight excluding hydrogens is 513 g/mol. The molecule has 36 heavy (non-hydrogen) atoms. The Kier molecular flexibility index (Phi) is 7.69. The van der Waals surface area contributed by atoms with Gasteiger partial charge in [-0.15, -0.1) is 11.3 Å². The van der Waals surface area contributed by atoms with Crippen LogP contribution in [-0.2, 0) is 19.6 Å². The van der Waals surface area contributed by atoms with Gasteiger partial charge >= 0.3 is 5.97 Å². The van der Waals surface area contributed by atoms with E-state index in [0.717, 1.165) is 24.2 Å². The lowest BCUT2D eigenvalue weighted by atomic mass is 10.1. The number of amides is 1. The van der Waals surface area contributed by atoms with Gasteiger partial charge < -0.3 is 25.4 Å². The Bertz CT molecular complexity index is 1350. The van der Waals surface area contributed by atoms with Crippen molar-refractivity contribution in [3.05, 3.63) is 78.9 Å². The van der Waals surface area contributed by atoms with Gasteiger partial charge in [0.2, 0.25) is 5.43 Å². The molecule has 2 aromatic heterocycles. The van der Waals surface area contributed by atoms with Crippen LogP contribution >= 0.6 is 22.9 Å². The van der Waals surface area contributed by atoms with E-state index in [4.69, 9.17) is 17.3 Å². The highest BCUT2D eigenvalue weighted by Gasteiger charge is 2.40. The largest absolute Gasteiger partial charge is 0.503 e. The Morgan fingerprint density at radius 1 is 1.31 bits per heavy atom. The molecule has 0 saturated carbocycles. The van der Waals surface area contributed by atoms with E-state index in [0.29, 0.717) is 18.7 Å². The molecule has 2 aliphatic rings. The van der Waals surface area contributed by atoms with E-state index in [-0.39, 0.29) is 30.0 Å². The van der Waals surface area contributed by atoms with Gasteiger partial charge in [-0.05, 0) is 12.5 Å². The van der Waals surface area contributed by atoms with Gasteiger partial charge in [0.15, 0.2) is 11.4 Å². The molecule has 10 nitrogen and oxygen atoms in total. The molecule has 1 saturated heterocycles. The summed E-state index contributed by atoms with van der Waals surface area (Å²) in [5.41, 5.74) is 3.94. The summed E-state index contributed by atoms with van der Waals surface area (Å²) in [7, 11) is 0. The SMILES string of the molecule is NCc1cccc(Cl)c1F.O=C(O)c1cn2c(c(O)c1=O)C(=O)N1CCCN(Cc3nccs3)C1C2. The van der Waals surface area contributed by atoms with Crippen molar-refractivity contribution in [2.24, 2.45) is 5.73 Å². The number of nitrogens with zero attached hydrogens (tertiary/aromatic N) is 4. The third kappa shape index (κ3) is 4.98. The van der Waals surface area contributed by atoms with Gasteiger partial charge in [-0.2, -0.15) is 0 Å². The fourth-order valence-electron chi connectivity index (χ4n) is 4.27. The molecule has 1 atom stereocenters. The topological polar surface area (TPSA) is 142 Å². The van der Waals surface area contributed by atoms with Crippen LogP contribution in [0.2, 0.25) is 5.02 Å². The summed E-state index contributed by atoms with van der Waals surface area (Å²) in [6, 6.07) is 4.78. The second-order valence-electron chi connectivity index (χ2n) is 8.17. The lowest BCUT2D eigenvalue weighted by Crippen LogP contribution is -2.60. The smallest absolute Gasteiger partial charge is 0.341 e. The number of halogens is 2. The van der Waals surface area contributed by atoms with Gasteiger partial charge in [0.25, 0.3) is 5.91 Å². The number of aromatic hydroxyl groups is 1. The van der Waals surface area contributed by atoms with Crippen LogP contribution < -0.4 is 11.2 Å². The molecule has 0 aliphatic carbocycles. The monoisotopic (exact) mass is 535 g/mol. The first-order valence-electron chi connectivity index (χ1n) is 11.0. The average Bonchev–Trinajstić information content (AvgIpc) is 3.37. The van der Waals surface area contributed by atoms with Crippen LogP contribution in [0.1, 0.15) is 37.8 Å².